The summed E-state index contributed by atoms with van der Waals surface area (Å²) in [5.41, 5.74) is 3.66. The number of aliphatic hydroxyl groups excluding tert-OH is 1. The van der Waals surface area contributed by atoms with Crippen LogP contribution < -0.4 is 16.0 Å². The Kier molecular flexibility index (Phi) is 10.9. The van der Waals surface area contributed by atoms with Crippen LogP contribution in [0.4, 0.5) is 23.1 Å². The summed E-state index contributed by atoms with van der Waals surface area (Å²) < 4.78 is 37.7. The van der Waals surface area contributed by atoms with E-state index in [4.69, 9.17) is 21.1 Å². The van der Waals surface area contributed by atoms with Gasteiger partial charge in [0.25, 0.3) is 0 Å². The summed E-state index contributed by atoms with van der Waals surface area (Å²) in [4.78, 5) is 8.94. The number of aromatic nitrogens is 2. The van der Waals surface area contributed by atoms with Crippen molar-refractivity contribution in [1.82, 2.24) is 19.6 Å². The number of rotatable bonds is 13. The molecule has 1 heterocycles. The molecule has 0 saturated heterocycles. The molecule has 41 heavy (non-hydrogen) atoms. The number of aryl methyl sites for hydroxylation is 1. The average Bonchev–Trinajstić information content (AvgIpc) is 3.15. The number of ether oxygens (including phenoxy) is 2. The normalized spacial score (nSPS) is 16.2. The molecule has 0 saturated carbocycles. The number of anilines is 4. The first kappa shape index (κ1) is 31.1. The van der Waals surface area contributed by atoms with Crippen LogP contribution in [0.25, 0.3) is 0 Å². The van der Waals surface area contributed by atoms with Crippen molar-refractivity contribution in [3.05, 3.63) is 64.8 Å². The molecule has 11 nitrogen and oxygen atoms in total. The number of hydrogen-bond donors (Lipinski definition) is 4. The van der Waals surface area contributed by atoms with Crippen LogP contribution in [-0.2, 0) is 32.3 Å². The lowest BCUT2D eigenvalue weighted by Crippen LogP contribution is -2.33. The van der Waals surface area contributed by atoms with Crippen molar-refractivity contribution in [1.29, 1.82) is 0 Å². The highest BCUT2D eigenvalue weighted by atomic mass is 35.5. The number of sulfonamides is 1. The molecule has 0 radical (unpaired) electrons. The first-order valence-corrected chi connectivity index (χ1v) is 15.2. The first-order chi connectivity index (χ1) is 19.7. The van der Waals surface area contributed by atoms with Crippen LogP contribution in [0.3, 0.4) is 0 Å². The third-order valence-corrected chi connectivity index (χ3v) is 8.84. The van der Waals surface area contributed by atoms with E-state index in [-0.39, 0.29) is 28.4 Å². The van der Waals surface area contributed by atoms with Crippen molar-refractivity contribution in [2.75, 3.05) is 51.7 Å². The zero-order valence-corrected chi connectivity index (χ0v) is 25.0. The molecule has 0 aliphatic heterocycles. The summed E-state index contributed by atoms with van der Waals surface area (Å²) in [6.07, 6.45) is 4.67. The number of nitrogens with zero attached hydrogens (tertiary/aromatic N) is 3. The van der Waals surface area contributed by atoms with E-state index >= 15 is 0 Å². The summed E-state index contributed by atoms with van der Waals surface area (Å²) in [5, 5.41) is 19.4. The lowest BCUT2D eigenvalue weighted by atomic mass is 10.0. The third kappa shape index (κ3) is 8.35. The Morgan fingerprint density at radius 2 is 1.98 bits per heavy atom. The molecular formula is C28H37ClN6O5S. The highest BCUT2D eigenvalue weighted by Gasteiger charge is 2.22. The van der Waals surface area contributed by atoms with Gasteiger partial charge in [-0.15, -0.1) is 0 Å². The molecule has 4 N–H and O–H groups in total. The number of nitrogens with one attached hydrogen (secondary N) is 3. The Bertz CT molecular complexity index is 1420. The monoisotopic (exact) mass is 604 g/mol. The van der Waals surface area contributed by atoms with E-state index in [2.05, 4.69) is 38.1 Å². The molecule has 1 aliphatic rings. The van der Waals surface area contributed by atoms with E-state index in [0.29, 0.717) is 24.9 Å². The van der Waals surface area contributed by atoms with Crippen LogP contribution in [0.5, 0.6) is 0 Å². The van der Waals surface area contributed by atoms with Gasteiger partial charge in [0, 0.05) is 33.4 Å². The fourth-order valence-electron chi connectivity index (χ4n) is 4.56. The van der Waals surface area contributed by atoms with Crippen molar-refractivity contribution in [3.8, 4) is 0 Å². The van der Waals surface area contributed by atoms with Crippen LogP contribution in [0.1, 0.15) is 24.0 Å². The minimum atomic E-state index is -3.69. The van der Waals surface area contributed by atoms with Crippen molar-refractivity contribution >= 4 is 44.8 Å². The smallest absolute Gasteiger partial charge is 0.244 e. The van der Waals surface area contributed by atoms with Crippen molar-refractivity contribution < 1.29 is 23.0 Å². The van der Waals surface area contributed by atoms with E-state index in [1.165, 1.54) is 37.5 Å². The topological polar surface area (TPSA) is 138 Å². The van der Waals surface area contributed by atoms with Crippen LogP contribution in [0, 0.1) is 0 Å². The molecule has 2 aromatic carbocycles. The van der Waals surface area contributed by atoms with Crippen LogP contribution in [0.15, 0.2) is 53.6 Å². The zero-order chi connectivity index (χ0) is 29.4. The van der Waals surface area contributed by atoms with Gasteiger partial charge in [0.1, 0.15) is 9.92 Å². The molecule has 1 unspecified atom stereocenters. The molecule has 1 aliphatic carbocycles. The number of halogens is 1. The van der Waals surface area contributed by atoms with E-state index in [1.807, 2.05) is 6.07 Å². The maximum absolute atomic E-state index is 12.8. The van der Waals surface area contributed by atoms with Crippen molar-refractivity contribution in [2.45, 2.75) is 42.8 Å². The Morgan fingerprint density at radius 1 is 1.17 bits per heavy atom. The van der Waals surface area contributed by atoms with Crippen molar-refractivity contribution in [2.24, 2.45) is 0 Å². The Labute approximate surface area is 246 Å². The largest absolute Gasteiger partial charge is 0.389 e. The van der Waals surface area contributed by atoms with E-state index < -0.39 is 16.1 Å². The molecule has 0 amide bonds. The molecule has 4 rings (SSSR count). The SMILES string of the molecule is COC[C@H](O)CNCOC1CCCc2cc(Nc3ncc(Cl)c(Nc4ccccc4S(=O)(=O)N(C)C)n3)ccc2C1. The fourth-order valence-corrected chi connectivity index (χ4v) is 5.74. The van der Waals surface area contributed by atoms with Crippen LogP contribution >= 0.6 is 11.6 Å². The highest BCUT2D eigenvalue weighted by Crippen LogP contribution is 2.31. The molecule has 3 aromatic rings. The second-order valence-corrected chi connectivity index (χ2v) is 12.5. The van der Waals surface area contributed by atoms with E-state index in [9.17, 15) is 13.5 Å². The first-order valence-electron chi connectivity index (χ1n) is 13.4. The molecule has 1 aromatic heterocycles. The summed E-state index contributed by atoms with van der Waals surface area (Å²) in [7, 11) is 0.836. The number of benzene rings is 2. The van der Waals surface area contributed by atoms with E-state index in [0.717, 1.165) is 35.7 Å². The lowest BCUT2D eigenvalue weighted by Gasteiger charge is -2.18. The maximum Gasteiger partial charge on any atom is 0.244 e. The molecule has 0 fully saturated rings. The van der Waals surface area contributed by atoms with Gasteiger partial charge >= 0.3 is 0 Å². The Morgan fingerprint density at radius 3 is 2.76 bits per heavy atom. The van der Waals surface area contributed by atoms with Gasteiger partial charge in [-0.25, -0.2) is 17.7 Å². The minimum Gasteiger partial charge on any atom is -0.389 e. The van der Waals surface area contributed by atoms with Gasteiger partial charge in [-0.05, 0) is 61.1 Å². The minimum absolute atomic E-state index is 0.0922. The van der Waals surface area contributed by atoms with Gasteiger partial charge in [0.2, 0.25) is 16.0 Å². The fraction of sp³-hybridized carbons (Fsp3) is 0.429. The molecule has 222 valence electrons. The number of para-hydroxylation sites is 1. The van der Waals surface area contributed by atoms with Gasteiger partial charge in [0.05, 0.1) is 37.4 Å². The van der Waals surface area contributed by atoms with Crippen LogP contribution in [0.2, 0.25) is 5.02 Å². The maximum atomic E-state index is 12.8. The summed E-state index contributed by atoms with van der Waals surface area (Å²) >= 11 is 6.37. The second-order valence-electron chi connectivity index (χ2n) is 10.00. The predicted octanol–water partition coefficient (Wildman–Crippen LogP) is 3.69. The van der Waals surface area contributed by atoms with Crippen LogP contribution in [-0.4, -0.2) is 81.1 Å². The molecule has 2 atom stereocenters. The summed E-state index contributed by atoms with van der Waals surface area (Å²) in [5.74, 6) is 0.602. The number of hydrogen-bond acceptors (Lipinski definition) is 10. The summed E-state index contributed by atoms with van der Waals surface area (Å²) in [6.45, 7) is 1.07. The van der Waals surface area contributed by atoms with Crippen molar-refractivity contribution in [3.63, 3.8) is 0 Å². The van der Waals surface area contributed by atoms with Gasteiger partial charge in [0.15, 0.2) is 5.82 Å². The van der Waals surface area contributed by atoms with E-state index in [1.54, 1.807) is 25.3 Å². The molecule has 0 bridgehead atoms. The second kappa shape index (κ2) is 14.4. The van der Waals surface area contributed by atoms with Gasteiger partial charge in [-0.2, -0.15) is 4.98 Å². The zero-order valence-electron chi connectivity index (χ0n) is 23.4. The molecule has 13 heteroatoms. The lowest BCUT2D eigenvalue weighted by molar-refractivity contribution is 0.0193. The van der Waals surface area contributed by atoms with Gasteiger partial charge < -0.3 is 25.2 Å². The molecular weight excluding hydrogens is 568 g/mol. The predicted molar refractivity (Wildman–Crippen MR) is 160 cm³/mol. The Balaban J connectivity index is 1.42. The van der Waals surface area contributed by atoms with Gasteiger partial charge in [-0.1, -0.05) is 29.8 Å². The number of methoxy groups -OCH3 is 1. The quantitative estimate of drug-likeness (QED) is 0.130. The standard InChI is InChI=1S/C28H37ClN6O5S/c1-35(2)41(37,38)26-10-5-4-9-25(26)33-27-24(29)16-31-28(34-27)32-21-12-11-20-14-23(8-6-7-19(20)13-21)40-18-30-15-22(36)17-39-3/h4-5,9-13,16,22-23,30,36H,6-8,14-15,17-18H2,1-3H3,(H2,31,32,33,34)/t22-,23?/m1/s1. The molecule has 0 spiro atoms. The highest BCUT2D eigenvalue weighted by molar-refractivity contribution is 7.89. The number of aliphatic hydroxyl groups is 1. The average molecular weight is 605 g/mol. The Hall–Kier alpha value is -2.84. The third-order valence-electron chi connectivity index (χ3n) is 6.69. The van der Waals surface area contributed by atoms with Gasteiger partial charge in [-0.3, -0.25) is 5.32 Å². The summed E-state index contributed by atoms with van der Waals surface area (Å²) in [6, 6.07) is 12.8. The number of fused-ring (bicyclic) bond motifs is 1.